The van der Waals surface area contributed by atoms with Crippen molar-refractivity contribution in [2.45, 2.75) is 6.54 Å². The molecule has 1 N–H and O–H groups in total. The van der Waals surface area contributed by atoms with Gasteiger partial charge in [-0.2, -0.15) is 0 Å². The fourth-order valence-electron chi connectivity index (χ4n) is 0.760. The van der Waals surface area contributed by atoms with E-state index in [1.165, 1.54) is 0 Å². The Morgan fingerprint density at radius 1 is 1.64 bits per heavy atom. The van der Waals surface area contributed by atoms with E-state index in [0.29, 0.717) is 6.01 Å². The monoisotopic (exact) mass is 155 g/mol. The summed E-state index contributed by atoms with van der Waals surface area (Å²) < 4.78 is 5.34. The molecule has 0 radical (unpaired) electrons. The van der Waals surface area contributed by atoms with Crippen LogP contribution >= 0.6 is 0 Å². The molecule has 1 heterocycles. The molecule has 1 aromatic rings. The van der Waals surface area contributed by atoms with Crippen LogP contribution < -0.4 is 10.2 Å². The van der Waals surface area contributed by atoms with Gasteiger partial charge in [0.15, 0.2) is 0 Å². The summed E-state index contributed by atoms with van der Waals surface area (Å²) in [5, 5.41) is 2.98. The smallest absolute Gasteiger partial charge is 0.296 e. The summed E-state index contributed by atoms with van der Waals surface area (Å²) >= 11 is 0. The first-order valence-electron chi connectivity index (χ1n) is 3.50. The molecule has 0 saturated heterocycles. The zero-order valence-corrected chi connectivity index (χ0v) is 7.09. The van der Waals surface area contributed by atoms with Gasteiger partial charge < -0.3 is 14.6 Å². The van der Waals surface area contributed by atoms with Gasteiger partial charge in [-0.15, -0.1) is 0 Å². The van der Waals surface area contributed by atoms with Crippen LogP contribution in [0.25, 0.3) is 0 Å². The standard InChI is InChI=1S/C7H13N3O/c1-8-4-6-5-9-7(11-6)10(2)3/h5,8H,4H2,1-3H3. The van der Waals surface area contributed by atoms with Crippen molar-refractivity contribution in [3.05, 3.63) is 12.0 Å². The van der Waals surface area contributed by atoms with Crippen molar-refractivity contribution >= 4 is 6.01 Å². The lowest BCUT2D eigenvalue weighted by atomic mass is 10.5. The van der Waals surface area contributed by atoms with Crippen LogP contribution in [0.15, 0.2) is 10.6 Å². The lowest BCUT2D eigenvalue weighted by Gasteiger charge is -2.03. The maximum Gasteiger partial charge on any atom is 0.296 e. The molecule has 0 amide bonds. The average Bonchev–Trinajstić information content (AvgIpc) is 2.37. The largest absolute Gasteiger partial charge is 0.427 e. The van der Waals surface area contributed by atoms with E-state index in [1.54, 1.807) is 6.20 Å². The molecule has 11 heavy (non-hydrogen) atoms. The Morgan fingerprint density at radius 2 is 2.36 bits per heavy atom. The SMILES string of the molecule is CNCc1cnc(N(C)C)o1. The molecule has 0 aliphatic carbocycles. The second-order valence-corrected chi connectivity index (χ2v) is 2.53. The summed E-state index contributed by atoms with van der Waals surface area (Å²) in [7, 11) is 5.67. The normalized spacial score (nSPS) is 10.1. The summed E-state index contributed by atoms with van der Waals surface area (Å²) in [4.78, 5) is 5.89. The van der Waals surface area contributed by atoms with E-state index >= 15 is 0 Å². The van der Waals surface area contributed by atoms with E-state index in [4.69, 9.17) is 4.42 Å². The molecule has 0 aromatic carbocycles. The Morgan fingerprint density at radius 3 is 2.82 bits per heavy atom. The van der Waals surface area contributed by atoms with Gasteiger partial charge >= 0.3 is 0 Å². The Hall–Kier alpha value is -1.03. The highest BCUT2D eigenvalue weighted by Gasteiger charge is 2.03. The van der Waals surface area contributed by atoms with E-state index in [0.717, 1.165) is 12.3 Å². The molecule has 0 saturated carbocycles. The second-order valence-electron chi connectivity index (χ2n) is 2.53. The summed E-state index contributed by atoms with van der Waals surface area (Å²) in [5.74, 6) is 0.858. The van der Waals surface area contributed by atoms with Crippen LogP contribution in [-0.2, 0) is 6.54 Å². The van der Waals surface area contributed by atoms with Gasteiger partial charge in [-0.25, -0.2) is 4.98 Å². The Kier molecular flexibility index (Phi) is 2.48. The summed E-state index contributed by atoms with van der Waals surface area (Å²) in [6.07, 6.45) is 1.73. The number of hydrogen-bond acceptors (Lipinski definition) is 4. The molecule has 0 bridgehead atoms. The van der Waals surface area contributed by atoms with Gasteiger partial charge in [0.2, 0.25) is 0 Å². The minimum Gasteiger partial charge on any atom is -0.427 e. The number of nitrogens with zero attached hydrogens (tertiary/aromatic N) is 2. The third-order valence-electron chi connectivity index (χ3n) is 1.27. The third-order valence-corrected chi connectivity index (χ3v) is 1.27. The highest BCUT2D eigenvalue weighted by Crippen LogP contribution is 2.10. The first-order valence-corrected chi connectivity index (χ1v) is 3.50. The fourth-order valence-corrected chi connectivity index (χ4v) is 0.760. The van der Waals surface area contributed by atoms with E-state index in [1.807, 2.05) is 26.0 Å². The van der Waals surface area contributed by atoms with Crippen molar-refractivity contribution in [1.29, 1.82) is 0 Å². The van der Waals surface area contributed by atoms with Crippen molar-refractivity contribution in [1.82, 2.24) is 10.3 Å². The summed E-state index contributed by atoms with van der Waals surface area (Å²) in [6.45, 7) is 0.723. The minimum absolute atomic E-state index is 0.648. The van der Waals surface area contributed by atoms with Gasteiger partial charge in [-0.05, 0) is 7.05 Å². The molecule has 4 heteroatoms. The number of oxazole rings is 1. The zero-order valence-electron chi connectivity index (χ0n) is 7.09. The number of rotatable bonds is 3. The molecule has 0 unspecified atom stereocenters. The average molecular weight is 155 g/mol. The molecule has 1 rings (SSSR count). The maximum atomic E-state index is 5.34. The molecule has 0 spiro atoms. The van der Waals surface area contributed by atoms with Crippen molar-refractivity contribution in [3.63, 3.8) is 0 Å². The molecule has 62 valence electrons. The summed E-state index contributed by atoms with van der Waals surface area (Å²) in [5.41, 5.74) is 0. The Bertz CT molecular complexity index is 219. The van der Waals surface area contributed by atoms with E-state index < -0.39 is 0 Å². The third kappa shape index (κ3) is 1.94. The molecule has 4 nitrogen and oxygen atoms in total. The fraction of sp³-hybridized carbons (Fsp3) is 0.571. The van der Waals surface area contributed by atoms with Gasteiger partial charge in [-0.1, -0.05) is 0 Å². The molecule has 0 fully saturated rings. The van der Waals surface area contributed by atoms with Crippen LogP contribution in [0.2, 0.25) is 0 Å². The topological polar surface area (TPSA) is 41.3 Å². The maximum absolute atomic E-state index is 5.34. The number of anilines is 1. The van der Waals surface area contributed by atoms with Crippen LogP contribution in [0.4, 0.5) is 6.01 Å². The minimum atomic E-state index is 0.648. The number of nitrogens with one attached hydrogen (secondary N) is 1. The van der Waals surface area contributed by atoms with Crippen molar-refractivity contribution < 1.29 is 4.42 Å². The molecule has 0 aliphatic rings. The highest BCUT2D eigenvalue weighted by atomic mass is 16.4. The van der Waals surface area contributed by atoms with E-state index in [-0.39, 0.29) is 0 Å². The Labute approximate surface area is 66.2 Å². The van der Waals surface area contributed by atoms with Gasteiger partial charge in [0.25, 0.3) is 6.01 Å². The van der Waals surface area contributed by atoms with Gasteiger partial charge in [0.05, 0.1) is 12.7 Å². The van der Waals surface area contributed by atoms with E-state index in [2.05, 4.69) is 10.3 Å². The van der Waals surface area contributed by atoms with Gasteiger partial charge in [0, 0.05) is 14.1 Å². The zero-order chi connectivity index (χ0) is 8.27. The van der Waals surface area contributed by atoms with E-state index in [9.17, 15) is 0 Å². The highest BCUT2D eigenvalue weighted by molar-refractivity contribution is 5.22. The lowest BCUT2D eigenvalue weighted by Crippen LogP contribution is -2.08. The summed E-state index contributed by atoms with van der Waals surface area (Å²) in [6, 6.07) is 0.648. The second kappa shape index (κ2) is 3.39. The predicted octanol–water partition coefficient (Wildman–Crippen LogP) is 0.460. The van der Waals surface area contributed by atoms with Gasteiger partial charge in [-0.3, -0.25) is 0 Å². The molecule has 1 aromatic heterocycles. The van der Waals surface area contributed by atoms with Crippen LogP contribution in [0.1, 0.15) is 5.76 Å². The first kappa shape index (κ1) is 8.07. The van der Waals surface area contributed by atoms with Crippen LogP contribution in [0.5, 0.6) is 0 Å². The lowest BCUT2D eigenvalue weighted by molar-refractivity contribution is 0.492. The van der Waals surface area contributed by atoms with Crippen molar-refractivity contribution in [3.8, 4) is 0 Å². The van der Waals surface area contributed by atoms with Crippen molar-refractivity contribution in [2.24, 2.45) is 0 Å². The molecule has 0 atom stereocenters. The molecule has 0 aliphatic heterocycles. The molecular weight excluding hydrogens is 142 g/mol. The van der Waals surface area contributed by atoms with Crippen LogP contribution in [0.3, 0.4) is 0 Å². The predicted molar refractivity (Wildman–Crippen MR) is 43.6 cm³/mol. The first-order chi connectivity index (χ1) is 5.24. The van der Waals surface area contributed by atoms with Crippen molar-refractivity contribution in [2.75, 3.05) is 26.0 Å². The van der Waals surface area contributed by atoms with Crippen LogP contribution in [-0.4, -0.2) is 26.1 Å². The van der Waals surface area contributed by atoms with Gasteiger partial charge in [0.1, 0.15) is 5.76 Å². The number of hydrogen-bond donors (Lipinski definition) is 1. The quantitative estimate of drug-likeness (QED) is 0.688. The Balaban J connectivity index is 2.66. The molecular formula is C7H13N3O. The van der Waals surface area contributed by atoms with Crippen LogP contribution in [0, 0.1) is 0 Å². The number of aromatic nitrogens is 1.